The summed E-state index contributed by atoms with van der Waals surface area (Å²) in [6.45, 7) is 7.68. The summed E-state index contributed by atoms with van der Waals surface area (Å²) in [6.07, 6.45) is 0.295. The maximum absolute atomic E-state index is 12.7. The fourth-order valence-electron chi connectivity index (χ4n) is 2.77. The Balaban J connectivity index is 2.44. The standard InChI is InChI=1S/C20H24N2O6S/c1-5-21-17(23)14(18(24)22(6-2)20(21)29)10-13-8-9-15(16(11-13)27-7-3)28-12(4)19(25)26/h8-12H,5-7H2,1-4H3,(H,25,26)/p-1/t12-/m1/s1. The quantitative estimate of drug-likeness (QED) is 0.352. The van der Waals surface area contributed by atoms with Gasteiger partial charge in [0.05, 0.1) is 12.6 Å². The molecule has 1 atom stereocenters. The SMILES string of the molecule is CCOc1cc(C=C2C(=O)N(CC)C(=S)N(CC)C2=O)ccc1O[C@H](C)C(=O)[O-]. The van der Waals surface area contributed by atoms with Gasteiger partial charge in [0, 0.05) is 13.1 Å². The lowest BCUT2D eigenvalue weighted by Crippen LogP contribution is -2.55. The smallest absolute Gasteiger partial charge is 0.265 e. The Morgan fingerprint density at radius 3 is 2.21 bits per heavy atom. The highest BCUT2D eigenvalue weighted by Gasteiger charge is 2.37. The molecule has 2 rings (SSSR count). The third-order valence-corrected chi connectivity index (χ3v) is 4.70. The van der Waals surface area contributed by atoms with E-state index < -0.39 is 23.9 Å². The van der Waals surface area contributed by atoms with Crippen LogP contribution in [0.15, 0.2) is 23.8 Å². The Morgan fingerprint density at radius 1 is 1.14 bits per heavy atom. The number of hydrogen-bond acceptors (Lipinski definition) is 7. The zero-order valence-electron chi connectivity index (χ0n) is 16.8. The van der Waals surface area contributed by atoms with Crippen LogP contribution in [-0.2, 0) is 14.4 Å². The van der Waals surface area contributed by atoms with Crippen molar-refractivity contribution in [3.8, 4) is 11.5 Å². The second-order valence-corrected chi connectivity index (χ2v) is 6.52. The van der Waals surface area contributed by atoms with Crippen molar-refractivity contribution in [3.05, 3.63) is 29.3 Å². The first-order chi connectivity index (χ1) is 13.7. The summed E-state index contributed by atoms with van der Waals surface area (Å²) >= 11 is 5.25. The maximum atomic E-state index is 12.7. The summed E-state index contributed by atoms with van der Waals surface area (Å²) in [7, 11) is 0. The molecule has 1 aliphatic rings. The highest BCUT2D eigenvalue weighted by molar-refractivity contribution is 7.80. The third kappa shape index (κ3) is 4.73. The van der Waals surface area contributed by atoms with Gasteiger partial charge in [-0.2, -0.15) is 0 Å². The van der Waals surface area contributed by atoms with Gasteiger partial charge in [-0.1, -0.05) is 6.07 Å². The van der Waals surface area contributed by atoms with Crippen molar-refractivity contribution < 1.29 is 29.0 Å². The van der Waals surface area contributed by atoms with Crippen LogP contribution in [0.3, 0.4) is 0 Å². The van der Waals surface area contributed by atoms with E-state index in [0.29, 0.717) is 31.0 Å². The van der Waals surface area contributed by atoms with Gasteiger partial charge in [0.2, 0.25) is 0 Å². The number of carboxylic acids is 1. The van der Waals surface area contributed by atoms with E-state index in [1.165, 1.54) is 28.9 Å². The van der Waals surface area contributed by atoms with Crippen molar-refractivity contribution in [2.75, 3.05) is 19.7 Å². The number of likely N-dealkylation sites (N-methyl/N-ethyl adjacent to an activating group) is 2. The molecule has 1 aromatic carbocycles. The number of carbonyl (C=O) groups excluding carboxylic acids is 3. The molecule has 1 heterocycles. The van der Waals surface area contributed by atoms with E-state index in [2.05, 4.69) is 0 Å². The lowest BCUT2D eigenvalue weighted by Gasteiger charge is -2.35. The highest BCUT2D eigenvalue weighted by atomic mass is 32.1. The zero-order chi connectivity index (χ0) is 21.7. The number of benzene rings is 1. The Hall–Kier alpha value is -2.94. The van der Waals surface area contributed by atoms with Gasteiger partial charge in [-0.15, -0.1) is 0 Å². The molecule has 1 saturated heterocycles. The minimum absolute atomic E-state index is 0.0125. The van der Waals surface area contributed by atoms with Crippen molar-refractivity contribution in [2.45, 2.75) is 33.8 Å². The summed E-state index contributed by atoms with van der Waals surface area (Å²) < 4.78 is 10.9. The van der Waals surface area contributed by atoms with Crippen molar-refractivity contribution in [1.29, 1.82) is 0 Å². The summed E-state index contributed by atoms with van der Waals surface area (Å²) in [4.78, 5) is 39.1. The zero-order valence-corrected chi connectivity index (χ0v) is 17.6. The van der Waals surface area contributed by atoms with Crippen LogP contribution < -0.4 is 14.6 Å². The van der Waals surface area contributed by atoms with E-state index in [1.807, 2.05) is 0 Å². The molecule has 0 N–H and O–H groups in total. The first-order valence-electron chi connectivity index (χ1n) is 9.28. The second-order valence-electron chi connectivity index (χ2n) is 6.16. The van der Waals surface area contributed by atoms with Crippen LogP contribution in [-0.4, -0.2) is 58.5 Å². The van der Waals surface area contributed by atoms with E-state index in [1.54, 1.807) is 32.9 Å². The van der Waals surface area contributed by atoms with Crippen molar-refractivity contribution in [2.24, 2.45) is 0 Å². The predicted molar refractivity (Wildman–Crippen MR) is 108 cm³/mol. The number of rotatable bonds is 8. The second kappa shape index (κ2) is 9.51. The molecule has 1 fully saturated rings. The summed E-state index contributed by atoms with van der Waals surface area (Å²) in [5.41, 5.74) is 0.514. The van der Waals surface area contributed by atoms with Gasteiger partial charge < -0.3 is 19.4 Å². The fourth-order valence-corrected chi connectivity index (χ4v) is 3.19. The van der Waals surface area contributed by atoms with Crippen LogP contribution in [0.1, 0.15) is 33.3 Å². The molecule has 2 amide bonds. The first-order valence-corrected chi connectivity index (χ1v) is 9.69. The van der Waals surface area contributed by atoms with Crippen LogP contribution in [0.4, 0.5) is 0 Å². The third-order valence-electron chi connectivity index (χ3n) is 4.26. The molecule has 9 heteroatoms. The summed E-state index contributed by atoms with van der Waals surface area (Å²) in [5, 5.41) is 11.1. The van der Waals surface area contributed by atoms with Gasteiger partial charge in [0.1, 0.15) is 11.7 Å². The molecule has 1 aromatic rings. The van der Waals surface area contributed by atoms with E-state index in [-0.39, 0.29) is 16.4 Å². The largest absolute Gasteiger partial charge is 0.546 e. The normalized spacial score (nSPS) is 15.4. The van der Waals surface area contributed by atoms with Crippen LogP contribution in [0.2, 0.25) is 0 Å². The fraction of sp³-hybridized carbons (Fsp3) is 0.400. The van der Waals surface area contributed by atoms with Crippen LogP contribution in [0.25, 0.3) is 6.08 Å². The molecule has 0 aliphatic carbocycles. The number of carbonyl (C=O) groups is 3. The molecule has 0 unspecified atom stereocenters. The average molecular weight is 419 g/mol. The number of amides is 2. The van der Waals surface area contributed by atoms with Gasteiger partial charge >= 0.3 is 0 Å². The maximum Gasteiger partial charge on any atom is 0.265 e. The molecule has 0 radical (unpaired) electrons. The number of hydrogen-bond donors (Lipinski definition) is 0. The van der Waals surface area contributed by atoms with Crippen molar-refractivity contribution in [1.82, 2.24) is 9.80 Å². The van der Waals surface area contributed by atoms with Gasteiger partial charge in [-0.25, -0.2) is 0 Å². The molecule has 8 nitrogen and oxygen atoms in total. The number of aliphatic carboxylic acids is 1. The Morgan fingerprint density at radius 2 is 1.72 bits per heavy atom. The monoisotopic (exact) mass is 419 g/mol. The minimum Gasteiger partial charge on any atom is -0.546 e. The summed E-state index contributed by atoms with van der Waals surface area (Å²) in [5.74, 6) is -1.76. The topological polar surface area (TPSA) is 99.2 Å². The molecular formula is C20H23N2O6S-. The Bertz CT molecular complexity index is 839. The van der Waals surface area contributed by atoms with Crippen LogP contribution in [0.5, 0.6) is 11.5 Å². The van der Waals surface area contributed by atoms with E-state index in [4.69, 9.17) is 21.7 Å². The molecule has 0 aromatic heterocycles. The van der Waals surface area contributed by atoms with Crippen LogP contribution >= 0.6 is 12.2 Å². The van der Waals surface area contributed by atoms with Crippen molar-refractivity contribution >= 4 is 41.2 Å². The number of thiocarbonyl (C=S) groups is 1. The lowest BCUT2D eigenvalue weighted by molar-refractivity contribution is -0.312. The molecule has 0 bridgehead atoms. The predicted octanol–water partition coefficient (Wildman–Crippen LogP) is 0.981. The lowest BCUT2D eigenvalue weighted by atomic mass is 10.1. The van der Waals surface area contributed by atoms with Gasteiger partial charge in [0.15, 0.2) is 16.6 Å². The molecule has 1 aliphatic heterocycles. The molecule has 156 valence electrons. The molecular weight excluding hydrogens is 396 g/mol. The molecule has 29 heavy (non-hydrogen) atoms. The Kier molecular flexibility index (Phi) is 7.33. The van der Waals surface area contributed by atoms with Gasteiger partial charge in [0.25, 0.3) is 11.8 Å². The van der Waals surface area contributed by atoms with Gasteiger partial charge in [-0.3, -0.25) is 19.4 Å². The van der Waals surface area contributed by atoms with Crippen LogP contribution in [0, 0.1) is 0 Å². The number of carboxylic acid groups (broad SMARTS) is 1. The van der Waals surface area contributed by atoms with Crippen molar-refractivity contribution in [3.63, 3.8) is 0 Å². The summed E-state index contributed by atoms with van der Waals surface area (Å²) in [6, 6.07) is 4.70. The first kappa shape index (κ1) is 22.4. The van der Waals surface area contributed by atoms with E-state index in [9.17, 15) is 19.5 Å². The number of ether oxygens (including phenoxy) is 2. The van der Waals surface area contributed by atoms with E-state index in [0.717, 1.165) is 0 Å². The highest BCUT2D eigenvalue weighted by Crippen LogP contribution is 2.31. The minimum atomic E-state index is -1.35. The molecule has 0 spiro atoms. The average Bonchev–Trinajstić information content (AvgIpc) is 2.68. The Labute approximate surface area is 174 Å². The number of nitrogens with zero attached hydrogens (tertiary/aromatic N) is 2. The van der Waals surface area contributed by atoms with E-state index >= 15 is 0 Å². The van der Waals surface area contributed by atoms with Gasteiger partial charge in [-0.05, 0) is 63.7 Å². The molecule has 0 saturated carbocycles.